The van der Waals surface area contributed by atoms with Gasteiger partial charge in [-0.25, -0.2) is 4.79 Å². The lowest BCUT2D eigenvalue weighted by atomic mass is 10.0. The van der Waals surface area contributed by atoms with Gasteiger partial charge in [-0.2, -0.15) is 5.26 Å². The molecule has 0 unspecified atom stereocenters. The van der Waals surface area contributed by atoms with Crippen molar-refractivity contribution in [2.75, 3.05) is 14.2 Å². The number of ether oxygens (including phenoxy) is 2. The number of hydrogen-bond donors (Lipinski definition) is 1. The normalized spacial score (nSPS) is 10.3. The van der Waals surface area contributed by atoms with E-state index in [9.17, 15) is 4.79 Å². The van der Waals surface area contributed by atoms with E-state index in [1.54, 1.807) is 32.4 Å². The predicted octanol–water partition coefficient (Wildman–Crippen LogP) is 3.44. The molecule has 2 aromatic carbocycles. The van der Waals surface area contributed by atoms with Crippen molar-refractivity contribution >= 4 is 18.1 Å². The zero-order valence-electron chi connectivity index (χ0n) is 12.7. The molecular formula is C18H15NO4. The summed E-state index contributed by atoms with van der Waals surface area (Å²) in [6, 6.07) is 11.9. The molecular weight excluding hydrogens is 294 g/mol. The van der Waals surface area contributed by atoms with Gasteiger partial charge in [-0.1, -0.05) is 24.3 Å². The van der Waals surface area contributed by atoms with Crippen LogP contribution in [-0.4, -0.2) is 25.3 Å². The Balaban J connectivity index is 2.33. The molecule has 1 N–H and O–H groups in total. The molecule has 0 spiro atoms. The highest BCUT2D eigenvalue weighted by molar-refractivity contribution is 5.89. The van der Waals surface area contributed by atoms with Crippen LogP contribution in [0.15, 0.2) is 36.4 Å². The van der Waals surface area contributed by atoms with Crippen molar-refractivity contribution in [1.82, 2.24) is 0 Å². The summed E-state index contributed by atoms with van der Waals surface area (Å²) in [5.74, 6) is 0.182. The molecule has 5 nitrogen and oxygen atoms in total. The third kappa shape index (κ3) is 3.69. The maximum absolute atomic E-state index is 10.9. The lowest BCUT2D eigenvalue weighted by Crippen LogP contribution is -1.97. The average Bonchev–Trinajstić information content (AvgIpc) is 2.59. The van der Waals surface area contributed by atoms with Gasteiger partial charge in [0.15, 0.2) is 11.5 Å². The molecule has 0 amide bonds. The summed E-state index contributed by atoms with van der Waals surface area (Å²) in [7, 11) is 3.13. The molecule has 23 heavy (non-hydrogen) atoms. The van der Waals surface area contributed by atoms with E-state index in [4.69, 9.17) is 19.8 Å². The lowest BCUT2D eigenvalue weighted by molar-refractivity contribution is 0.0697. The third-order valence-electron chi connectivity index (χ3n) is 3.28. The van der Waals surface area contributed by atoms with Crippen molar-refractivity contribution in [1.29, 1.82) is 5.26 Å². The van der Waals surface area contributed by atoms with Gasteiger partial charge in [0.25, 0.3) is 0 Å². The number of rotatable bonds is 5. The van der Waals surface area contributed by atoms with E-state index in [1.807, 2.05) is 24.3 Å². The molecule has 0 saturated heterocycles. The van der Waals surface area contributed by atoms with Crippen LogP contribution in [0.4, 0.5) is 0 Å². The first-order valence-electron chi connectivity index (χ1n) is 6.76. The van der Waals surface area contributed by atoms with E-state index in [0.717, 1.165) is 5.56 Å². The molecule has 0 heterocycles. The van der Waals surface area contributed by atoms with Crippen LogP contribution in [0.2, 0.25) is 0 Å². The topological polar surface area (TPSA) is 79.5 Å². The molecule has 2 rings (SSSR count). The minimum Gasteiger partial charge on any atom is -0.493 e. The van der Waals surface area contributed by atoms with Crippen molar-refractivity contribution in [3.05, 3.63) is 58.7 Å². The molecule has 0 atom stereocenters. The van der Waals surface area contributed by atoms with Gasteiger partial charge in [-0.15, -0.1) is 0 Å². The average molecular weight is 309 g/mol. The SMILES string of the molecule is COc1ccc(/C=C/c2ccc(C(=O)O)cc2C#N)cc1OC. The summed E-state index contributed by atoms with van der Waals surface area (Å²) in [6.45, 7) is 0. The van der Waals surface area contributed by atoms with Crippen LogP contribution in [0.3, 0.4) is 0 Å². The molecule has 116 valence electrons. The first kappa shape index (κ1) is 16.1. The van der Waals surface area contributed by atoms with Crippen molar-refractivity contribution in [3.63, 3.8) is 0 Å². The summed E-state index contributed by atoms with van der Waals surface area (Å²) in [5.41, 5.74) is 1.91. The summed E-state index contributed by atoms with van der Waals surface area (Å²) in [4.78, 5) is 10.9. The van der Waals surface area contributed by atoms with Gasteiger partial charge >= 0.3 is 5.97 Å². The number of methoxy groups -OCH3 is 2. The van der Waals surface area contributed by atoms with Gasteiger partial charge in [-0.3, -0.25) is 0 Å². The Morgan fingerprint density at radius 3 is 2.43 bits per heavy atom. The van der Waals surface area contributed by atoms with Gasteiger partial charge in [-0.05, 0) is 35.4 Å². The smallest absolute Gasteiger partial charge is 0.335 e. The second-order valence-electron chi connectivity index (χ2n) is 4.67. The van der Waals surface area contributed by atoms with E-state index in [0.29, 0.717) is 22.6 Å². The summed E-state index contributed by atoms with van der Waals surface area (Å²) >= 11 is 0. The van der Waals surface area contributed by atoms with Gasteiger partial charge in [0.2, 0.25) is 0 Å². The minimum absolute atomic E-state index is 0.0878. The number of carbonyl (C=O) groups is 1. The number of carboxylic acids is 1. The Labute approximate surface area is 134 Å². The van der Waals surface area contributed by atoms with Gasteiger partial charge in [0.05, 0.1) is 31.4 Å². The number of nitriles is 1. The van der Waals surface area contributed by atoms with Crippen molar-refractivity contribution in [3.8, 4) is 17.6 Å². The summed E-state index contributed by atoms with van der Waals surface area (Å²) < 4.78 is 10.4. The fourth-order valence-corrected chi connectivity index (χ4v) is 2.07. The maximum atomic E-state index is 10.9. The number of carboxylic acid groups (broad SMARTS) is 1. The molecule has 0 aromatic heterocycles. The molecule has 0 aliphatic heterocycles. The Bertz CT molecular complexity index is 803. The number of benzene rings is 2. The molecule has 0 aliphatic carbocycles. The van der Waals surface area contributed by atoms with Crippen LogP contribution < -0.4 is 9.47 Å². The van der Waals surface area contributed by atoms with Crippen LogP contribution in [0.1, 0.15) is 27.0 Å². The molecule has 0 radical (unpaired) electrons. The van der Waals surface area contributed by atoms with E-state index < -0.39 is 5.97 Å². The highest BCUT2D eigenvalue weighted by Crippen LogP contribution is 2.28. The fourth-order valence-electron chi connectivity index (χ4n) is 2.07. The van der Waals surface area contributed by atoms with E-state index in [1.165, 1.54) is 12.1 Å². The summed E-state index contributed by atoms with van der Waals surface area (Å²) in [6.07, 6.45) is 3.57. The van der Waals surface area contributed by atoms with Crippen LogP contribution in [-0.2, 0) is 0 Å². The Morgan fingerprint density at radius 2 is 1.83 bits per heavy atom. The maximum Gasteiger partial charge on any atom is 0.335 e. The molecule has 0 saturated carbocycles. The molecule has 5 heteroatoms. The number of aromatic carboxylic acids is 1. The standard InChI is InChI=1S/C18H15NO4/c1-22-16-8-4-12(9-17(16)23-2)3-5-13-6-7-14(18(20)21)10-15(13)11-19/h3-10H,1-2H3,(H,20,21)/b5-3+. The van der Waals surface area contributed by atoms with Crippen molar-refractivity contribution < 1.29 is 19.4 Å². The number of nitrogens with zero attached hydrogens (tertiary/aromatic N) is 1. The first-order chi connectivity index (χ1) is 11.1. The van der Waals surface area contributed by atoms with Crippen LogP contribution in [0.25, 0.3) is 12.2 Å². The van der Waals surface area contributed by atoms with Crippen molar-refractivity contribution in [2.24, 2.45) is 0 Å². The fraction of sp³-hybridized carbons (Fsp3) is 0.111. The first-order valence-corrected chi connectivity index (χ1v) is 6.76. The molecule has 0 fully saturated rings. The van der Waals surface area contributed by atoms with Gasteiger partial charge in [0.1, 0.15) is 0 Å². The zero-order chi connectivity index (χ0) is 16.8. The highest BCUT2D eigenvalue weighted by atomic mass is 16.5. The second-order valence-corrected chi connectivity index (χ2v) is 4.67. The monoisotopic (exact) mass is 309 g/mol. The van der Waals surface area contributed by atoms with E-state index >= 15 is 0 Å². The molecule has 0 aliphatic rings. The molecule has 0 bridgehead atoms. The Kier molecular flexibility index (Phi) is 5.00. The quantitative estimate of drug-likeness (QED) is 0.856. The Hall–Kier alpha value is -3.26. The van der Waals surface area contributed by atoms with Gasteiger partial charge < -0.3 is 14.6 Å². The lowest BCUT2D eigenvalue weighted by Gasteiger charge is -2.07. The minimum atomic E-state index is -1.06. The predicted molar refractivity (Wildman–Crippen MR) is 86.6 cm³/mol. The number of hydrogen-bond acceptors (Lipinski definition) is 4. The van der Waals surface area contributed by atoms with Crippen LogP contribution in [0.5, 0.6) is 11.5 Å². The van der Waals surface area contributed by atoms with E-state index in [-0.39, 0.29) is 5.56 Å². The van der Waals surface area contributed by atoms with Crippen molar-refractivity contribution in [2.45, 2.75) is 0 Å². The second kappa shape index (κ2) is 7.14. The Morgan fingerprint density at radius 1 is 1.09 bits per heavy atom. The van der Waals surface area contributed by atoms with Crippen LogP contribution >= 0.6 is 0 Å². The van der Waals surface area contributed by atoms with E-state index in [2.05, 4.69) is 0 Å². The zero-order valence-corrected chi connectivity index (χ0v) is 12.7. The highest BCUT2D eigenvalue weighted by Gasteiger charge is 2.07. The van der Waals surface area contributed by atoms with Gasteiger partial charge in [0, 0.05) is 0 Å². The third-order valence-corrected chi connectivity index (χ3v) is 3.28. The molecule has 2 aromatic rings. The van der Waals surface area contributed by atoms with Crippen LogP contribution in [0, 0.1) is 11.3 Å². The summed E-state index contributed by atoms with van der Waals surface area (Å²) in [5, 5.41) is 18.1. The largest absolute Gasteiger partial charge is 0.493 e.